The van der Waals surface area contributed by atoms with E-state index in [9.17, 15) is 0 Å². The maximum absolute atomic E-state index is 8.96. The van der Waals surface area contributed by atoms with Crippen LogP contribution < -0.4 is 5.32 Å². The molecule has 1 aromatic heterocycles. The number of benzene rings is 1. The van der Waals surface area contributed by atoms with Crippen LogP contribution in [-0.4, -0.2) is 16.3 Å². The normalized spacial score (nSPS) is 17.8. The minimum absolute atomic E-state index is 0.647. The number of rotatable bonds is 2. The first-order valence-corrected chi connectivity index (χ1v) is 8.23. The third-order valence-electron chi connectivity index (χ3n) is 4.89. The molecule has 4 nitrogen and oxygen atoms in total. The van der Waals surface area contributed by atoms with Gasteiger partial charge in [-0.1, -0.05) is 6.42 Å². The lowest BCUT2D eigenvalue weighted by atomic mass is 9.81. The van der Waals surface area contributed by atoms with Gasteiger partial charge in [0.25, 0.3) is 0 Å². The summed E-state index contributed by atoms with van der Waals surface area (Å²) in [5.74, 6) is 1.82. The Morgan fingerprint density at radius 3 is 2.64 bits per heavy atom. The summed E-state index contributed by atoms with van der Waals surface area (Å²) in [6, 6.07) is 9.88. The van der Waals surface area contributed by atoms with Crippen LogP contribution in [-0.2, 0) is 6.42 Å². The molecule has 0 radical (unpaired) electrons. The molecule has 1 aromatic carbocycles. The topological polar surface area (TPSA) is 53.6 Å². The van der Waals surface area contributed by atoms with Gasteiger partial charge in [0, 0.05) is 18.0 Å². The van der Waals surface area contributed by atoms with Gasteiger partial charge in [0.05, 0.1) is 23.0 Å². The summed E-state index contributed by atoms with van der Waals surface area (Å²) in [6.45, 7) is 1.01. The van der Waals surface area contributed by atoms with E-state index in [2.05, 4.69) is 16.1 Å². The quantitative estimate of drug-likeness (QED) is 0.917. The van der Waals surface area contributed by atoms with E-state index < -0.39 is 0 Å². The monoisotopic (exact) mass is 292 g/mol. The summed E-state index contributed by atoms with van der Waals surface area (Å²) in [5, 5.41) is 17.5. The van der Waals surface area contributed by atoms with Gasteiger partial charge in [-0.3, -0.25) is 0 Å². The van der Waals surface area contributed by atoms with Gasteiger partial charge in [-0.2, -0.15) is 10.4 Å². The third kappa shape index (κ3) is 2.18. The number of nitrogens with one attached hydrogen (secondary N) is 1. The standard InChI is InChI=1S/C18H20N4/c19-12-13-7-9-15(10-8-13)22-18-16(6-1-2-11-20-18)17(21-22)14-4-3-5-14/h7-10,14,20H,1-6,11H2. The highest BCUT2D eigenvalue weighted by molar-refractivity contribution is 5.55. The highest BCUT2D eigenvalue weighted by Gasteiger charge is 2.29. The summed E-state index contributed by atoms with van der Waals surface area (Å²) in [7, 11) is 0. The number of hydrogen-bond donors (Lipinski definition) is 1. The van der Waals surface area contributed by atoms with E-state index >= 15 is 0 Å². The van der Waals surface area contributed by atoms with Crippen LogP contribution in [0.15, 0.2) is 24.3 Å². The highest BCUT2D eigenvalue weighted by Crippen LogP contribution is 2.41. The van der Waals surface area contributed by atoms with Crippen LogP contribution in [0.25, 0.3) is 5.69 Å². The number of hydrogen-bond acceptors (Lipinski definition) is 3. The first-order valence-electron chi connectivity index (χ1n) is 8.23. The van der Waals surface area contributed by atoms with Crippen molar-refractivity contribution in [2.75, 3.05) is 11.9 Å². The van der Waals surface area contributed by atoms with Crippen molar-refractivity contribution in [1.82, 2.24) is 9.78 Å². The molecular formula is C18H20N4. The van der Waals surface area contributed by atoms with Gasteiger partial charge in [0.2, 0.25) is 0 Å². The zero-order valence-electron chi connectivity index (χ0n) is 12.7. The number of nitriles is 1. The lowest BCUT2D eigenvalue weighted by molar-refractivity contribution is 0.406. The van der Waals surface area contributed by atoms with E-state index in [1.165, 1.54) is 49.2 Å². The van der Waals surface area contributed by atoms with E-state index in [4.69, 9.17) is 10.4 Å². The lowest BCUT2D eigenvalue weighted by Gasteiger charge is -2.24. The second-order valence-corrected chi connectivity index (χ2v) is 6.29. The van der Waals surface area contributed by atoms with Crippen LogP contribution >= 0.6 is 0 Å². The summed E-state index contributed by atoms with van der Waals surface area (Å²) >= 11 is 0. The smallest absolute Gasteiger partial charge is 0.133 e. The summed E-state index contributed by atoms with van der Waals surface area (Å²) in [5.41, 5.74) is 4.45. The predicted molar refractivity (Wildman–Crippen MR) is 86.3 cm³/mol. The Morgan fingerprint density at radius 2 is 1.95 bits per heavy atom. The highest BCUT2D eigenvalue weighted by atomic mass is 15.3. The minimum Gasteiger partial charge on any atom is -0.370 e. The van der Waals surface area contributed by atoms with E-state index in [0.29, 0.717) is 11.5 Å². The second-order valence-electron chi connectivity index (χ2n) is 6.29. The van der Waals surface area contributed by atoms with E-state index in [0.717, 1.165) is 18.7 Å². The molecule has 1 saturated carbocycles. The molecule has 2 heterocycles. The fourth-order valence-corrected chi connectivity index (χ4v) is 3.40. The van der Waals surface area contributed by atoms with Gasteiger partial charge >= 0.3 is 0 Å². The molecule has 4 heteroatoms. The third-order valence-corrected chi connectivity index (χ3v) is 4.89. The van der Waals surface area contributed by atoms with Crippen molar-refractivity contribution in [2.24, 2.45) is 0 Å². The minimum atomic E-state index is 0.647. The van der Waals surface area contributed by atoms with Crippen molar-refractivity contribution in [3.63, 3.8) is 0 Å². The van der Waals surface area contributed by atoms with E-state index in [1.54, 1.807) is 0 Å². The van der Waals surface area contributed by atoms with Crippen LogP contribution in [0.4, 0.5) is 5.82 Å². The first kappa shape index (κ1) is 13.4. The molecule has 0 saturated heterocycles. The van der Waals surface area contributed by atoms with Gasteiger partial charge in [-0.25, -0.2) is 4.68 Å². The maximum Gasteiger partial charge on any atom is 0.133 e. The molecule has 112 valence electrons. The molecular weight excluding hydrogens is 272 g/mol. The molecule has 4 rings (SSSR count). The SMILES string of the molecule is N#Cc1ccc(-n2nc(C3CCC3)c3c2NCCCC3)cc1. The van der Waals surface area contributed by atoms with Crippen LogP contribution in [0.1, 0.15) is 54.8 Å². The van der Waals surface area contributed by atoms with Crippen molar-refractivity contribution in [3.05, 3.63) is 41.1 Å². The van der Waals surface area contributed by atoms with E-state index in [-0.39, 0.29) is 0 Å². The molecule has 1 aliphatic carbocycles. The van der Waals surface area contributed by atoms with Gasteiger partial charge in [-0.05, 0) is 56.4 Å². The molecule has 22 heavy (non-hydrogen) atoms. The van der Waals surface area contributed by atoms with Crippen molar-refractivity contribution in [1.29, 1.82) is 5.26 Å². The van der Waals surface area contributed by atoms with Crippen molar-refractivity contribution >= 4 is 5.82 Å². The van der Waals surface area contributed by atoms with Crippen molar-refractivity contribution in [3.8, 4) is 11.8 Å². The largest absolute Gasteiger partial charge is 0.370 e. The summed E-state index contributed by atoms with van der Waals surface area (Å²) < 4.78 is 2.05. The van der Waals surface area contributed by atoms with Crippen LogP contribution in [0.3, 0.4) is 0 Å². The number of nitrogens with zero attached hydrogens (tertiary/aromatic N) is 3. The average molecular weight is 292 g/mol. The van der Waals surface area contributed by atoms with Crippen LogP contribution in [0.5, 0.6) is 0 Å². The van der Waals surface area contributed by atoms with Gasteiger partial charge < -0.3 is 5.32 Å². The lowest BCUT2D eigenvalue weighted by Crippen LogP contribution is -2.11. The Morgan fingerprint density at radius 1 is 1.14 bits per heavy atom. The number of aromatic nitrogens is 2. The van der Waals surface area contributed by atoms with Gasteiger partial charge in [0.15, 0.2) is 0 Å². The summed E-state index contributed by atoms with van der Waals surface area (Å²) in [4.78, 5) is 0. The van der Waals surface area contributed by atoms with Crippen molar-refractivity contribution < 1.29 is 0 Å². The number of anilines is 1. The molecule has 1 aliphatic heterocycles. The fourth-order valence-electron chi connectivity index (χ4n) is 3.40. The Balaban J connectivity index is 1.80. The average Bonchev–Trinajstić information content (AvgIpc) is 2.70. The maximum atomic E-state index is 8.96. The molecule has 0 bridgehead atoms. The van der Waals surface area contributed by atoms with Crippen LogP contribution in [0, 0.1) is 11.3 Å². The molecule has 2 aromatic rings. The predicted octanol–water partition coefficient (Wildman–Crippen LogP) is 3.76. The fraction of sp³-hybridized carbons (Fsp3) is 0.444. The first-order chi connectivity index (χ1) is 10.9. The Hall–Kier alpha value is -2.28. The molecule has 0 atom stereocenters. The van der Waals surface area contributed by atoms with Gasteiger partial charge in [0.1, 0.15) is 5.82 Å². The molecule has 1 fully saturated rings. The van der Waals surface area contributed by atoms with E-state index in [1.807, 2.05) is 24.3 Å². The Bertz CT molecular complexity index is 717. The van der Waals surface area contributed by atoms with Crippen LogP contribution in [0.2, 0.25) is 0 Å². The molecule has 2 aliphatic rings. The molecule has 0 spiro atoms. The Kier molecular flexibility index (Phi) is 3.34. The molecule has 0 amide bonds. The zero-order valence-corrected chi connectivity index (χ0v) is 12.7. The molecule has 1 N–H and O–H groups in total. The second kappa shape index (κ2) is 5.49. The summed E-state index contributed by atoms with van der Waals surface area (Å²) in [6.07, 6.45) is 7.46. The zero-order chi connectivity index (χ0) is 14.9. The van der Waals surface area contributed by atoms with Gasteiger partial charge in [-0.15, -0.1) is 0 Å². The van der Waals surface area contributed by atoms with Crippen molar-refractivity contribution in [2.45, 2.75) is 44.4 Å². The molecule has 0 unspecified atom stereocenters. The number of fused-ring (bicyclic) bond motifs is 1. The Labute approximate surface area is 130 Å².